The second kappa shape index (κ2) is 11.6. The zero-order valence-electron chi connectivity index (χ0n) is 19.6. The summed E-state index contributed by atoms with van der Waals surface area (Å²) >= 11 is 0. The van der Waals surface area contributed by atoms with Gasteiger partial charge in [0.2, 0.25) is 5.91 Å². The highest BCUT2D eigenvalue weighted by atomic mass is 19.1. The summed E-state index contributed by atoms with van der Waals surface area (Å²) in [4.78, 5) is 29.0. The lowest BCUT2D eigenvalue weighted by atomic mass is 10.0. The first-order valence-electron chi connectivity index (χ1n) is 11.1. The molecule has 0 aliphatic carbocycles. The maximum Gasteiger partial charge on any atom is 0.241 e. The Bertz CT molecular complexity index is 1080. The van der Waals surface area contributed by atoms with E-state index in [-0.39, 0.29) is 24.8 Å². The van der Waals surface area contributed by atoms with Crippen LogP contribution >= 0.6 is 0 Å². The number of pyridine rings is 1. The number of hydrogen-bond acceptors (Lipinski definition) is 5. The molecule has 0 saturated carbocycles. The number of aromatic nitrogens is 1. The van der Waals surface area contributed by atoms with Crippen molar-refractivity contribution >= 4 is 17.9 Å². The largest absolute Gasteiger partial charge is 0.374 e. The Morgan fingerprint density at radius 2 is 1.76 bits per heavy atom. The van der Waals surface area contributed by atoms with E-state index >= 15 is 0 Å². The Morgan fingerprint density at radius 3 is 2.41 bits per heavy atom. The highest BCUT2D eigenvalue weighted by molar-refractivity contribution is 5.95. The van der Waals surface area contributed by atoms with Crippen molar-refractivity contribution in [3.05, 3.63) is 84.4 Å². The molecule has 1 amide bonds. The van der Waals surface area contributed by atoms with E-state index in [0.717, 1.165) is 23.0 Å². The van der Waals surface area contributed by atoms with Crippen LogP contribution in [0.25, 0.3) is 11.1 Å². The van der Waals surface area contributed by atoms with Crippen LogP contribution in [0.4, 0.5) is 10.1 Å². The number of rotatable bonds is 10. The third-order valence-corrected chi connectivity index (χ3v) is 5.09. The first-order valence-corrected chi connectivity index (χ1v) is 11.1. The SMILES string of the molecule is CC(C)(C)OCC(C=O)NC(Cc1ccc(F)cc1)C(=O)Nc1cccc(-c2ccncc2)c1. The van der Waals surface area contributed by atoms with Gasteiger partial charge in [-0.25, -0.2) is 4.39 Å². The molecule has 0 fully saturated rings. The van der Waals surface area contributed by atoms with Crippen LogP contribution in [0.1, 0.15) is 26.3 Å². The number of anilines is 1. The monoisotopic (exact) mass is 463 g/mol. The van der Waals surface area contributed by atoms with Gasteiger partial charge in [-0.15, -0.1) is 0 Å². The molecule has 6 nitrogen and oxygen atoms in total. The zero-order chi connectivity index (χ0) is 24.6. The first-order chi connectivity index (χ1) is 16.2. The highest BCUT2D eigenvalue weighted by Gasteiger charge is 2.24. The molecule has 1 heterocycles. The molecule has 0 radical (unpaired) electrons. The molecule has 2 atom stereocenters. The number of hydrogen-bond donors (Lipinski definition) is 2. The van der Waals surface area contributed by atoms with Crippen LogP contribution in [0.2, 0.25) is 0 Å². The van der Waals surface area contributed by atoms with Gasteiger partial charge in [0, 0.05) is 18.1 Å². The Morgan fingerprint density at radius 1 is 1.06 bits per heavy atom. The minimum Gasteiger partial charge on any atom is -0.374 e. The molecule has 7 heteroatoms. The summed E-state index contributed by atoms with van der Waals surface area (Å²) in [6.07, 6.45) is 4.43. The van der Waals surface area contributed by atoms with Crippen molar-refractivity contribution in [2.45, 2.75) is 44.9 Å². The highest BCUT2D eigenvalue weighted by Crippen LogP contribution is 2.22. The molecular formula is C27H30FN3O3. The first kappa shape index (κ1) is 25.2. The van der Waals surface area contributed by atoms with E-state index in [2.05, 4.69) is 15.6 Å². The number of halogens is 1. The van der Waals surface area contributed by atoms with Gasteiger partial charge >= 0.3 is 0 Å². The number of ether oxygens (including phenoxy) is 1. The average molecular weight is 464 g/mol. The Balaban J connectivity index is 1.78. The zero-order valence-corrected chi connectivity index (χ0v) is 19.6. The number of nitrogens with one attached hydrogen (secondary N) is 2. The van der Waals surface area contributed by atoms with Crippen molar-refractivity contribution in [2.75, 3.05) is 11.9 Å². The molecule has 3 aromatic rings. The van der Waals surface area contributed by atoms with Gasteiger partial charge in [-0.05, 0) is 80.3 Å². The Hall–Kier alpha value is -3.42. The molecular weight excluding hydrogens is 433 g/mol. The summed E-state index contributed by atoms with van der Waals surface area (Å²) in [6, 6.07) is 15.8. The van der Waals surface area contributed by atoms with Gasteiger partial charge in [0.1, 0.15) is 12.1 Å². The maximum absolute atomic E-state index is 13.4. The summed E-state index contributed by atoms with van der Waals surface area (Å²) in [5.41, 5.74) is 2.88. The standard InChI is InChI=1S/C27H30FN3O3/c1-27(2,3)34-18-24(17-32)30-25(15-19-7-9-22(28)10-8-19)26(33)31-23-6-4-5-21(16-23)20-11-13-29-14-12-20/h4-14,16-17,24-25,30H,15,18H2,1-3H3,(H,31,33). The number of carbonyl (C=O) groups is 2. The van der Waals surface area contributed by atoms with Crippen molar-refractivity contribution in [1.82, 2.24) is 10.3 Å². The van der Waals surface area contributed by atoms with Gasteiger partial charge in [-0.1, -0.05) is 24.3 Å². The Kier molecular flexibility index (Phi) is 8.62. The van der Waals surface area contributed by atoms with Gasteiger partial charge in [-0.3, -0.25) is 15.1 Å². The quantitative estimate of drug-likeness (QED) is 0.436. The number of aldehydes is 1. The molecule has 3 rings (SSSR count). The van der Waals surface area contributed by atoms with Gasteiger partial charge in [0.05, 0.1) is 24.3 Å². The van der Waals surface area contributed by atoms with E-state index in [1.165, 1.54) is 12.1 Å². The summed E-state index contributed by atoms with van der Waals surface area (Å²) < 4.78 is 19.1. The van der Waals surface area contributed by atoms with Crippen LogP contribution in [0.3, 0.4) is 0 Å². The molecule has 0 saturated heterocycles. The van der Waals surface area contributed by atoms with Crippen LogP contribution in [0, 0.1) is 5.82 Å². The van der Waals surface area contributed by atoms with Crippen molar-refractivity contribution < 1.29 is 18.7 Å². The van der Waals surface area contributed by atoms with E-state index in [9.17, 15) is 14.0 Å². The lowest BCUT2D eigenvalue weighted by molar-refractivity contribution is -0.119. The van der Waals surface area contributed by atoms with Crippen molar-refractivity contribution in [3.63, 3.8) is 0 Å². The van der Waals surface area contributed by atoms with Crippen LogP contribution < -0.4 is 10.6 Å². The van der Waals surface area contributed by atoms with E-state index in [4.69, 9.17) is 4.74 Å². The Labute approximate surface area is 199 Å². The molecule has 2 aromatic carbocycles. The average Bonchev–Trinajstić information content (AvgIpc) is 2.82. The van der Waals surface area contributed by atoms with Gasteiger partial charge < -0.3 is 14.8 Å². The lowest BCUT2D eigenvalue weighted by Crippen LogP contribution is -2.50. The van der Waals surface area contributed by atoms with Gasteiger partial charge in [-0.2, -0.15) is 0 Å². The summed E-state index contributed by atoms with van der Waals surface area (Å²) in [6.45, 7) is 5.81. The van der Waals surface area contributed by atoms with E-state index in [1.807, 2.05) is 51.1 Å². The fourth-order valence-electron chi connectivity index (χ4n) is 3.36. The number of nitrogens with zero attached hydrogens (tertiary/aromatic N) is 1. The molecule has 0 bridgehead atoms. The van der Waals surface area contributed by atoms with E-state index < -0.39 is 17.7 Å². The fourth-order valence-corrected chi connectivity index (χ4v) is 3.36. The predicted octanol–water partition coefficient (Wildman–Crippen LogP) is 4.41. The van der Waals surface area contributed by atoms with Crippen molar-refractivity contribution in [1.29, 1.82) is 0 Å². The number of amides is 1. The summed E-state index contributed by atoms with van der Waals surface area (Å²) in [5, 5.41) is 6.04. The van der Waals surface area contributed by atoms with Gasteiger partial charge in [0.15, 0.2) is 0 Å². The van der Waals surface area contributed by atoms with Crippen molar-refractivity contribution in [3.8, 4) is 11.1 Å². The summed E-state index contributed by atoms with van der Waals surface area (Å²) in [7, 11) is 0. The molecule has 0 aliphatic heterocycles. The van der Waals surface area contributed by atoms with E-state index in [1.54, 1.807) is 30.6 Å². The maximum atomic E-state index is 13.4. The molecule has 34 heavy (non-hydrogen) atoms. The predicted molar refractivity (Wildman–Crippen MR) is 131 cm³/mol. The second-order valence-corrected chi connectivity index (χ2v) is 9.02. The van der Waals surface area contributed by atoms with Crippen LogP contribution in [0.15, 0.2) is 73.1 Å². The smallest absolute Gasteiger partial charge is 0.241 e. The molecule has 1 aromatic heterocycles. The molecule has 2 N–H and O–H groups in total. The molecule has 0 aliphatic rings. The van der Waals surface area contributed by atoms with Crippen LogP contribution in [0.5, 0.6) is 0 Å². The molecule has 0 spiro atoms. The third kappa shape index (κ3) is 7.86. The topological polar surface area (TPSA) is 80.3 Å². The van der Waals surface area contributed by atoms with Crippen LogP contribution in [-0.2, 0) is 20.7 Å². The third-order valence-electron chi connectivity index (χ3n) is 5.09. The lowest BCUT2D eigenvalue weighted by Gasteiger charge is -2.26. The van der Waals surface area contributed by atoms with Crippen LogP contribution in [-0.4, -0.2) is 41.5 Å². The van der Waals surface area contributed by atoms with Gasteiger partial charge in [0.25, 0.3) is 0 Å². The number of benzene rings is 2. The molecule has 178 valence electrons. The fraction of sp³-hybridized carbons (Fsp3) is 0.296. The number of carbonyl (C=O) groups excluding carboxylic acids is 2. The normalized spacial score (nSPS) is 13.2. The second-order valence-electron chi connectivity index (χ2n) is 9.02. The minimum atomic E-state index is -0.742. The summed E-state index contributed by atoms with van der Waals surface area (Å²) in [5.74, 6) is -0.659. The van der Waals surface area contributed by atoms with E-state index in [0.29, 0.717) is 5.69 Å². The minimum absolute atomic E-state index is 0.123. The molecule has 2 unspecified atom stereocenters. The van der Waals surface area contributed by atoms with Crippen molar-refractivity contribution in [2.24, 2.45) is 0 Å².